The number of unbranched alkanes of at least 4 members (excludes halogenated alkanes) is 1. The number of hydrogen-bond donors (Lipinski definition) is 4. The summed E-state index contributed by atoms with van der Waals surface area (Å²) < 4.78 is 0. The van der Waals surface area contributed by atoms with Gasteiger partial charge in [-0.15, -0.1) is 0 Å². The van der Waals surface area contributed by atoms with Gasteiger partial charge in [-0.25, -0.2) is 4.79 Å². The van der Waals surface area contributed by atoms with Crippen molar-refractivity contribution in [2.24, 2.45) is 5.73 Å². The molecule has 1 aromatic carbocycles. The Kier molecular flexibility index (Phi) is 7.42. The monoisotopic (exact) mass is 352 g/mol. The van der Waals surface area contributed by atoms with Crippen LogP contribution in [0.4, 0.5) is 10.5 Å². The van der Waals surface area contributed by atoms with Gasteiger partial charge in [0.2, 0.25) is 5.91 Å². The summed E-state index contributed by atoms with van der Waals surface area (Å²) in [6.07, 6.45) is 1.55. The Balaban J connectivity index is 2.32. The molecule has 0 atom stereocenters. The molecule has 1 aromatic rings. The summed E-state index contributed by atoms with van der Waals surface area (Å²) in [5.74, 6) is -0.226. The molecule has 0 spiro atoms. The molecule has 0 fully saturated rings. The summed E-state index contributed by atoms with van der Waals surface area (Å²) in [6.45, 7) is 0.435. The second-order valence-corrected chi connectivity index (χ2v) is 5.42. The van der Waals surface area contributed by atoms with Crippen LogP contribution < -0.4 is 21.9 Å². The fourth-order valence-electron chi connectivity index (χ4n) is 1.48. The number of anilines is 1. The zero-order chi connectivity index (χ0) is 15.8. The molecule has 6 nitrogen and oxygen atoms in total. The normalized spacial score (nSPS) is 10.0. The summed E-state index contributed by atoms with van der Waals surface area (Å²) in [7, 11) is 0. The summed E-state index contributed by atoms with van der Waals surface area (Å²) in [5, 5.41) is 3.46. The van der Waals surface area contributed by atoms with E-state index in [0.29, 0.717) is 40.1 Å². The molecule has 0 aromatic heterocycles. The number of nitrogens with two attached hydrogens (primary N) is 1. The third-order valence-electron chi connectivity index (χ3n) is 2.46. The molecular weight excluding hydrogens is 339 g/mol. The van der Waals surface area contributed by atoms with Crippen molar-refractivity contribution in [3.8, 4) is 0 Å². The van der Waals surface area contributed by atoms with Crippen LogP contribution in [-0.4, -0.2) is 18.5 Å². The van der Waals surface area contributed by atoms with E-state index in [1.165, 1.54) is 12.1 Å². The van der Waals surface area contributed by atoms with Gasteiger partial charge in [-0.3, -0.25) is 15.6 Å². The average Bonchev–Trinajstić information content (AvgIpc) is 2.36. The lowest BCUT2D eigenvalue weighted by Gasteiger charge is -2.12. The summed E-state index contributed by atoms with van der Waals surface area (Å²) in [6, 6.07) is 2.45. The highest BCUT2D eigenvalue weighted by Gasteiger charge is 2.08. The van der Waals surface area contributed by atoms with E-state index in [-0.39, 0.29) is 12.3 Å². The predicted octanol–water partition coefficient (Wildman–Crippen LogP) is 2.93. The van der Waals surface area contributed by atoms with Gasteiger partial charge in [0.15, 0.2) is 0 Å². The van der Waals surface area contributed by atoms with Gasteiger partial charge in [-0.05, 0) is 25.0 Å². The fraction of sp³-hybridized carbons (Fsp3) is 0.333. The zero-order valence-electron chi connectivity index (χ0n) is 11.0. The number of amides is 3. The van der Waals surface area contributed by atoms with E-state index in [1.54, 1.807) is 0 Å². The number of primary amides is 1. The molecule has 0 heterocycles. The molecule has 5 N–H and O–H groups in total. The molecule has 116 valence electrons. The van der Waals surface area contributed by atoms with E-state index in [9.17, 15) is 9.59 Å². The molecule has 1 rings (SSSR count). The number of hydrogen-bond acceptors (Lipinski definition) is 3. The van der Waals surface area contributed by atoms with E-state index in [1.807, 2.05) is 0 Å². The Morgan fingerprint density at radius 2 is 1.71 bits per heavy atom. The number of carbonyl (C=O) groups excluding carboxylic acids is 2. The molecule has 0 bridgehead atoms. The second-order valence-electron chi connectivity index (χ2n) is 4.17. The van der Waals surface area contributed by atoms with Crippen LogP contribution in [0.15, 0.2) is 12.1 Å². The Morgan fingerprint density at radius 3 is 2.29 bits per heavy atom. The molecule has 0 aliphatic heterocycles. The minimum atomic E-state index is -0.576. The van der Waals surface area contributed by atoms with Crippen LogP contribution in [-0.2, 0) is 4.79 Å². The van der Waals surface area contributed by atoms with Gasteiger partial charge in [0.05, 0.1) is 15.7 Å². The van der Waals surface area contributed by atoms with Gasteiger partial charge in [0.1, 0.15) is 0 Å². The third kappa shape index (κ3) is 6.75. The van der Waals surface area contributed by atoms with E-state index in [2.05, 4.69) is 16.2 Å². The summed E-state index contributed by atoms with van der Waals surface area (Å²) in [4.78, 5) is 22.0. The van der Waals surface area contributed by atoms with Crippen molar-refractivity contribution in [3.05, 3.63) is 27.2 Å². The highest BCUT2D eigenvalue weighted by atomic mass is 35.5. The molecule has 3 amide bonds. The van der Waals surface area contributed by atoms with Crippen molar-refractivity contribution in [3.63, 3.8) is 0 Å². The van der Waals surface area contributed by atoms with E-state index in [0.717, 1.165) is 0 Å². The van der Waals surface area contributed by atoms with Gasteiger partial charge >= 0.3 is 6.03 Å². The number of nitrogens with one attached hydrogen (secondary N) is 3. The van der Waals surface area contributed by atoms with Crippen molar-refractivity contribution in [2.75, 3.05) is 12.0 Å². The average molecular weight is 354 g/mol. The van der Waals surface area contributed by atoms with Crippen LogP contribution in [0, 0.1) is 0 Å². The van der Waals surface area contributed by atoms with Crippen LogP contribution in [0.25, 0.3) is 0 Å². The number of hydrazine groups is 1. The maximum Gasteiger partial charge on any atom is 0.312 e. The van der Waals surface area contributed by atoms with Crippen molar-refractivity contribution in [2.45, 2.75) is 19.3 Å². The largest absolute Gasteiger partial charge is 0.352 e. The quantitative estimate of drug-likeness (QED) is 0.448. The van der Waals surface area contributed by atoms with Gasteiger partial charge in [0, 0.05) is 18.0 Å². The minimum absolute atomic E-state index is 0.226. The number of halogens is 3. The van der Waals surface area contributed by atoms with Gasteiger partial charge in [-0.1, -0.05) is 34.8 Å². The van der Waals surface area contributed by atoms with Crippen LogP contribution in [0.2, 0.25) is 15.1 Å². The highest BCUT2D eigenvalue weighted by molar-refractivity contribution is 6.41. The zero-order valence-corrected chi connectivity index (χ0v) is 13.3. The SMILES string of the molecule is NC(=O)NCCCCC(=O)NNc1c(Cl)cc(Cl)cc1Cl. The first kappa shape index (κ1) is 17.7. The fourth-order valence-corrected chi connectivity index (χ4v) is 2.39. The number of benzene rings is 1. The maximum atomic E-state index is 11.6. The van der Waals surface area contributed by atoms with Crippen LogP contribution in [0.5, 0.6) is 0 Å². The standard InChI is InChI=1S/C12H15Cl3N4O2/c13-7-5-8(14)11(9(15)6-7)19-18-10(20)3-1-2-4-17-12(16)21/h5-6,19H,1-4H2,(H,18,20)(H3,16,17,21). The van der Waals surface area contributed by atoms with Gasteiger partial charge in [-0.2, -0.15) is 0 Å². The maximum absolute atomic E-state index is 11.6. The third-order valence-corrected chi connectivity index (χ3v) is 3.28. The smallest absolute Gasteiger partial charge is 0.312 e. The van der Waals surface area contributed by atoms with Gasteiger partial charge in [0.25, 0.3) is 0 Å². The molecule has 0 radical (unpaired) electrons. The van der Waals surface area contributed by atoms with Gasteiger partial charge < -0.3 is 11.1 Å². The first-order valence-electron chi connectivity index (χ1n) is 6.13. The number of urea groups is 1. The van der Waals surface area contributed by atoms with E-state index >= 15 is 0 Å². The molecule has 0 saturated carbocycles. The predicted molar refractivity (Wildman–Crippen MR) is 84.7 cm³/mol. The molecule has 21 heavy (non-hydrogen) atoms. The lowest BCUT2D eigenvalue weighted by atomic mass is 10.2. The van der Waals surface area contributed by atoms with Crippen molar-refractivity contribution >= 4 is 52.4 Å². The Bertz CT molecular complexity index is 502. The first-order chi connectivity index (χ1) is 9.90. The van der Waals surface area contributed by atoms with Crippen molar-refractivity contribution in [1.29, 1.82) is 0 Å². The van der Waals surface area contributed by atoms with Crippen LogP contribution in [0.3, 0.4) is 0 Å². The summed E-state index contributed by atoms with van der Waals surface area (Å²) in [5.41, 5.74) is 10.4. The topological polar surface area (TPSA) is 96.2 Å². The second kappa shape index (κ2) is 8.81. The molecule has 0 aliphatic carbocycles. The van der Waals surface area contributed by atoms with Crippen LogP contribution >= 0.6 is 34.8 Å². The van der Waals surface area contributed by atoms with E-state index < -0.39 is 6.03 Å². The minimum Gasteiger partial charge on any atom is -0.352 e. The Hall–Kier alpha value is -1.37. The number of rotatable bonds is 7. The Morgan fingerprint density at radius 1 is 1.10 bits per heavy atom. The summed E-state index contributed by atoms with van der Waals surface area (Å²) >= 11 is 17.7. The first-order valence-corrected chi connectivity index (χ1v) is 7.26. The molecule has 0 unspecified atom stereocenters. The lowest BCUT2D eigenvalue weighted by Crippen LogP contribution is -2.31. The number of carbonyl (C=O) groups is 2. The molecule has 0 saturated heterocycles. The van der Waals surface area contributed by atoms with E-state index in [4.69, 9.17) is 40.5 Å². The Labute approximate surface area is 137 Å². The molecule has 0 aliphatic rings. The lowest BCUT2D eigenvalue weighted by molar-refractivity contribution is -0.120. The van der Waals surface area contributed by atoms with Crippen LogP contribution in [0.1, 0.15) is 19.3 Å². The molecule has 9 heteroatoms. The van der Waals surface area contributed by atoms with Crippen molar-refractivity contribution < 1.29 is 9.59 Å². The molecular formula is C12H15Cl3N4O2. The highest BCUT2D eigenvalue weighted by Crippen LogP contribution is 2.32. The van der Waals surface area contributed by atoms with Crippen molar-refractivity contribution in [1.82, 2.24) is 10.7 Å².